The number of nitrogens with two attached hydrogens (primary N) is 1. The molecule has 1 saturated heterocycles. The molecule has 7 rings (SSSR count). The normalized spacial score (nSPS) is 23.2. The monoisotopic (exact) mass is 772 g/mol. The van der Waals surface area contributed by atoms with Crippen molar-refractivity contribution in [3.63, 3.8) is 0 Å². The standard InChI is InChI=1S/C42H43ClF2N4O6/c1-23-18-32(54-2)38(45)36(35-27-20-42(22-46,25-12-6-3-7-13-25)55-31(27)19-29(44)37(35)43)34(23)40(52)47-17-8-4-5-10-24-11-9-14-26-28(24)21-49(41(26)53)30-15-16-33(50)48-39(30)51/h3,6-7,9,11-14,18-19,23,30,34H,4-5,8,10,15-17,20-22,46H2,1-2H3,(H,47,52)(H,48,50,51)/t23?,30?,34?,42-/m1/s1. The third-order valence-electron chi connectivity index (χ3n) is 11.3. The molecular formula is C42H43ClF2N4O6. The van der Waals surface area contributed by atoms with E-state index in [1.165, 1.54) is 13.2 Å². The lowest BCUT2D eigenvalue weighted by atomic mass is 9.76. The van der Waals surface area contributed by atoms with E-state index in [1.807, 2.05) is 42.5 Å². The molecule has 4 atom stereocenters. The maximum absolute atomic E-state index is 16.5. The molecule has 1 aliphatic carbocycles. The Labute approximate surface area is 323 Å². The Bertz CT molecular complexity index is 2120. The van der Waals surface area contributed by atoms with Gasteiger partial charge in [-0.05, 0) is 60.4 Å². The lowest BCUT2D eigenvalue weighted by Crippen LogP contribution is -2.52. The zero-order chi connectivity index (χ0) is 39.0. The second kappa shape index (κ2) is 15.6. The van der Waals surface area contributed by atoms with E-state index in [2.05, 4.69) is 10.6 Å². The highest BCUT2D eigenvalue weighted by atomic mass is 35.5. The van der Waals surface area contributed by atoms with Crippen LogP contribution in [0.2, 0.25) is 5.02 Å². The quantitative estimate of drug-likeness (QED) is 0.151. The molecule has 0 spiro atoms. The lowest BCUT2D eigenvalue weighted by Gasteiger charge is -2.30. The first-order valence-electron chi connectivity index (χ1n) is 18.6. The minimum atomic E-state index is -1.05. The van der Waals surface area contributed by atoms with Crippen LogP contribution in [0.5, 0.6) is 5.75 Å². The molecule has 1 fully saturated rings. The highest BCUT2D eigenvalue weighted by molar-refractivity contribution is 6.33. The number of fused-ring (bicyclic) bond motifs is 2. The number of unbranched alkanes of at least 4 members (excludes halogenated alkanes) is 2. The van der Waals surface area contributed by atoms with Crippen molar-refractivity contribution in [2.75, 3.05) is 20.2 Å². The second-order valence-corrected chi connectivity index (χ2v) is 15.0. The van der Waals surface area contributed by atoms with Crippen molar-refractivity contribution < 1.29 is 37.4 Å². The first-order valence-corrected chi connectivity index (χ1v) is 19.0. The highest BCUT2D eigenvalue weighted by Crippen LogP contribution is 2.51. The van der Waals surface area contributed by atoms with Gasteiger partial charge >= 0.3 is 0 Å². The Balaban J connectivity index is 1.03. The highest BCUT2D eigenvalue weighted by Gasteiger charge is 2.46. The summed E-state index contributed by atoms with van der Waals surface area (Å²) in [5.41, 5.74) is 8.95. The van der Waals surface area contributed by atoms with Crippen LogP contribution in [0.3, 0.4) is 0 Å². The summed E-state index contributed by atoms with van der Waals surface area (Å²) in [5, 5.41) is 5.00. The van der Waals surface area contributed by atoms with Crippen molar-refractivity contribution >= 4 is 40.8 Å². The van der Waals surface area contributed by atoms with Crippen molar-refractivity contribution in [3.8, 4) is 5.75 Å². The van der Waals surface area contributed by atoms with Gasteiger partial charge in [-0.3, -0.25) is 24.5 Å². The minimum absolute atomic E-state index is 0.0567. The second-order valence-electron chi connectivity index (χ2n) is 14.6. The molecule has 0 radical (unpaired) electrons. The third-order valence-corrected chi connectivity index (χ3v) is 11.6. The van der Waals surface area contributed by atoms with Crippen LogP contribution < -0.4 is 21.1 Å². The Kier molecular flexibility index (Phi) is 10.8. The van der Waals surface area contributed by atoms with E-state index in [0.717, 1.165) is 29.5 Å². The minimum Gasteiger partial charge on any atom is -0.494 e. The molecule has 55 heavy (non-hydrogen) atoms. The maximum atomic E-state index is 16.5. The van der Waals surface area contributed by atoms with Crippen LogP contribution in [0.25, 0.3) is 5.57 Å². The number of benzene rings is 3. The topological polar surface area (TPSA) is 140 Å². The fraction of sp³-hybridized carbons (Fsp3) is 0.381. The number of piperidine rings is 1. The Morgan fingerprint density at radius 3 is 2.60 bits per heavy atom. The molecular weight excluding hydrogens is 730 g/mol. The zero-order valence-electron chi connectivity index (χ0n) is 30.7. The van der Waals surface area contributed by atoms with Gasteiger partial charge in [0.1, 0.15) is 17.6 Å². The van der Waals surface area contributed by atoms with Gasteiger partial charge in [0.15, 0.2) is 17.2 Å². The van der Waals surface area contributed by atoms with Crippen molar-refractivity contribution in [1.29, 1.82) is 0 Å². The Hall–Kier alpha value is -5.07. The van der Waals surface area contributed by atoms with Gasteiger partial charge in [0, 0.05) is 60.8 Å². The summed E-state index contributed by atoms with van der Waals surface area (Å²) in [6.45, 7) is 2.45. The molecule has 10 nitrogen and oxygen atoms in total. The number of rotatable bonds is 12. The van der Waals surface area contributed by atoms with E-state index in [1.54, 1.807) is 24.0 Å². The van der Waals surface area contributed by atoms with E-state index in [-0.39, 0.29) is 58.9 Å². The van der Waals surface area contributed by atoms with E-state index in [4.69, 9.17) is 26.8 Å². The zero-order valence-corrected chi connectivity index (χ0v) is 31.4. The van der Waals surface area contributed by atoms with Crippen molar-refractivity contribution in [2.45, 2.75) is 70.1 Å². The number of allylic oxidation sites excluding steroid dienone is 2. The van der Waals surface area contributed by atoms with Crippen LogP contribution in [-0.2, 0) is 44.1 Å². The van der Waals surface area contributed by atoms with Crippen molar-refractivity contribution in [3.05, 3.63) is 116 Å². The molecule has 13 heteroatoms. The number of methoxy groups -OCH3 is 1. The first-order chi connectivity index (χ1) is 26.5. The molecule has 3 aromatic carbocycles. The smallest absolute Gasteiger partial charge is 0.255 e. The van der Waals surface area contributed by atoms with Crippen LogP contribution in [0.15, 0.2) is 72.3 Å². The van der Waals surface area contributed by atoms with Gasteiger partial charge in [0.05, 0.1) is 18.1 Å². The average Bonchev–Trinajstić information content (AvgIpc) is 3.72. The van der Waals surface area contributed by atoms with Gasteiger partial charge in [0.25, 0.3) is 5.91 Å². The fourth-order valence-electron chi connectivity index (χ4n) is 8.41. The number of aryl methyl sites for hydroxylation is 1. The molecule has 3 aromatic rings. The fourth-order valence-corrected chi connectivity index (χ4v) is 8.68. The number of carbonyl (C=O) groups excluding carboxylic acids is 4. The van der Waals surface area contributed by atoms with Crippen LogP contribution >= 0.6 is 11.6 Å². The predicted molar refractivity (Wildman–Crippen MR) is 202 cm³/mol. The summed E-state index contributed by atoms with van der Waals surface area (Å²) < 4.78 is 43.8. The summed E-state index contributed by atoms with van der Waals surface area (Å²) in [6, 6.07) is 15.4. The number of ether oxygens (including phenoxy) is 2. The summed E-state index contributed by atoms with van der Waals surface area (Å²) in [6.07, 6.45) is 5.06. The molecule has 4 N–H and O–H groups in total. The van der Waals surface area contributed by atoms with Crippen LogP contribution in [0.4, 0.5) is 8.78 Å². The Morgan fingerprint density at radius 2 is 1.87 bits per heavy atom. The molecule has 3 aliphatic heterocycles. The number of nitrogens with one attached hydrogen (secondary N) is 2. The molecule has 4 aliphatic rings. The first kappa shape index (κ1) is 38.2. The van der Waals surface area contributed by atoms with Gasteiger partial charge in [-0.2, -0.15) is 0 Å². The number of nitrogens with zero attached hydrogens (tertiary/aromatic N) is 1. The number of halogens is 3. The third kappa shape index (κ3) is 7.02. The van der Waals surface area contributed by atoms with E-state index in [9.17, 15) is 19.2 Å². The van der Waals surface area contributed by atoms with Gasteiger partial charge in [0.2, 0.25) is 17.7 Å². The van der Waals surface area contributed by atoms with Crippen LogP contribution in [0.1, 0.15) is 77.2 Å². The molecule has 3 heterocycles. The van der Waals surface area contributed by atoms with E-state index in [0.29, 0.717) is 43.5 Å². The SMILES string of the molecule is COC1=CC(C)C(C(=O)NCCCCCc2cccc3c2CN(C2CCC(=O)NC2=O)C3=O)C(c2c(Cl)c(F)cc3c2C[C@@](CN)(c2ccccc2)O3)=C1F. The number of hydrogen-bond donors (Lipinski definition) is 3. The van der Waals surface area contributed by atoms with Crippen molar-refractivity contribution in [2.24, 2.45) is 17.6 Å². The molecule has 0 aromatic heterocycles. The number of hydrogen-bond acceptors (Lipinski definition) is 7. The van der Waals surface area contributed by atoms with Gasteiger partial charge < -0.3 is 25.4 Å². The van der Waals surface area contributed by atoms with E-state index < -0.39 is 46.9 Å². The molecule has 288 valence electrons. The van der Waals surface area contributed by atoms with Crippen molar-refractivity contribution in [1.82, 2.24) is 15.5 Å². The lowest BCUT2D eigenvalue weighted by molar-refractivity contribution is -0.137. The number of imide groups is 1. The largest absolute Gasteiger partial charge is 0.494 e. The number of carbonyl (C=O) groups is 4. The van der Waals surface area contributed by atoms with E-state index >= 15 is 8.78 Å². The summed E-state index contributed by atoms with van der Waals surface area (Å²) in [5.74, 6) is -4.50. The summed E-state index contributed by atoms with van der Waals surface area (Å²) in [7, 11) is 1.34. The molecule has 0 bridgehead atoms. The summed E-state index contributed by atoms with van der Waals surface area (Å²) >= 11 is 6.67. The number of amides is 4. The van der Waals surface area contributed by atoms with Gasteiger partial charge in [-0.1, -0.05) is 67.4 Å². The van der Waals surface area contributed by atoms with Crippen LogP contribution in [0, 0.1) is 17.7 Å². The predicted octanol–water partition coefficient (Wildman–Crippen LogP) is 6.04. The molecule has 3 unspecified atom stereocenters. The van der Waals surface area contributed by atoms with Gasteiger partial charge in [-0.25, -0.2) is 8.78 Å². The average molecular weight is 773 g/mol. The Morgan fingerprint density at radius 1 is 1.09 bits per heavy atom. The molecule has 0 saturated carbocycles. The van der Waals surface area contributed by atoms with Crippen LogP contribution in [-0.4, -0.2) is 54.8 Å². The maximum Gasteiger partial charge on any atom is 0.255 e. The summed E-state index contributed by atoms with van der Waals surface area (Å²) in [4.78, 5) is 52.9. The van der Waals surface area contributed by atoms with Gasteiger partial charge in [-0.15, -0.1) is 0 Å². The molecule has 4 amide bonds.